The van der Waals surface area contributed by atoms with Crippen LogP contribution in [0.4, 0.5) is 5.69 Å². The molecule has 0 saturated carbocycles. The van der Waals surface area contributed by atoms with Gasteiger partial charge in [0.2, 0.25) is 0 Å². The van der Waals surface area contributed by atoms with Crippen molar-refractivity contribution in [3.8, 4) is 16.9 Å². The van der Waals surface area contributed by atoms with Gasteiger partial charge in [0, 0.05) is 22.9 Å². The van der Waals surface area contributed by atoms with Gasteiger partial charge in [-0.2, -0.15) is 0 Å². The zero-order chi connectivity index (χ0) is 12.3. The smallest absolute Gasteiger partial charge is 0.123 e. The van der Waals surface area contributed by atoms with Crippen LogP contribution in [0.5, 0.6) is 5.75 Å². The molecule has 0 amide bonds. The summed E-state index contributed by atoms with van der Waals surface area (Å²) in [5, 5.41) is 13.3. The average molecular weight is 227 g/mol. The third kappa shape index (κ3) is 2.59. The van der Waals surface area contributed by atoms with E-state index in [2.05, 4.69) is 19.2 Å². The van der Waals surface area contributed by atoms with Gasteiger partial charge in [-0.05, 0) is 26.0 Å². The van der Waals surface area contributed by atoms with E-state index in [1.54, 1.807) is 6.07 Å². The van der Waals surface area contributed by atoms with E-state index in [1.807, 2.05) is 42.5 Å². The van der Waals surface area contributed by atoms with Gasteiger partial charge in [-0.15, -0.1) is 0 Å². The summed E-state index contributed by atoms with van der Waals surface area (Å²) in [6, 6.07) is 15.8. The van der Waals surface area contributed by atoms with E-state index in [0.717, 1.165) is 16.8 Å². The van der Waals surface area contributed by atoms with Crippen LogP contribution in [-0.4, -0.2) is 11.1 Å². The van der Waals surface area contributed by atoms with E-state index in [4.69, 9.17) is 0 Å². The fourth-order valence-corrected chi connectivity index (χ4v) is 1.86. The number of aromatic hydroxyl groups is 1. The van der Waals surface area contributed by atoms with Gasteiger partial charge in [0.1, 0.15) is 5.75 Å². The molecule has 0 bridgehead atoms. The second-order valence-electron chi connectivity index (χ2n) is 4.36. The van der Waals surface area contributed by atoms with Crippen molar-refractivity contribution in [3.63, 3.8) is 0 Å². The third-order valence-corrected chi connectivity index (χ3v) is 2.57. The molecule has 0 aliphatic heterocycles. The first-order chi connectivity index (χ1) is 8.18. The highest BCUT2D eigenvalue weighted by Gasteiger charge is 2.08. The Kier molecular flexibility index (Phi) is 3.33. The molecule has 2 aromatic rings. The van der Waals surface area contributed by atoms with Crippen molar-refractivity contribution in [1.29, 1.82) is 0 Å². The van der Waals surface area contributed by atoms with Gasteiger partial charge in [-0.25, -0.2) is 0 Å². The highest BCUT2D eigenvalue weighted by atomic mass is 16.3. The van der Waals surface area contributed by atoms with Gasteiger partial charge in [0.05, 0.1) is 0 Å². The van der Waals surface area contributed by atoms with Crippen molar-refractivity contribution in [2.75, 3.05) is 5.32 Å². The van der Waals surface area contributed by atoms with Gasteiger partial charge in [-0.1, -0.05) is 36.4 Å². The minimum Gasteiger partial charge on any atom is -0.507 e. The Morgan fingerprint density at radius 1 is 0.882 bits per heavy atom. The summed E-state index contributed by atoms with van der Waals surface area (Å²) in [6.07, 6.45) is 0. The van der Waals surface area contributed by atoms with E-state index >= 15 is 0 Å². The molecule has 2 N–H and O–H groups in total. The fraction of sp³-hybridized carbons (Fsp3) is 0.200. The van der Waals surface area contributed by atoms with Crippen molar-refractivity contribution in [2.45, 2.75) is 19.9 Å². The number of hydrogen-bond acceptors (Lipinski definition) is 2. The number of phenolic OH excluding ortho intramolecular Hbond substituents is 1. The quantitative estimate of drug-likeness (QED) is 0.834. The molecule has 0 heterocycles. The summed E-state index contributed by atoms with van der Waals surface area (Å²) in [7, 11) is 0. The van der Waals surface area contributed by atoms with Crippen molar-refractivity contribution < 1.29 is 5.11 Å². The first-order valence-corrected chi connectivity index (χ1v) is 5.82. The Hall–Kier alpha value is -1.96. The second-order valence-corrected chi connectivity index (χ2v) is 4.36. The summed E-state index contributed by atoms with van der Waals surface area (Å²) in [5.74, 6) is 0.311. The van der Waals surface area contributed by atoms with Gasteiger partial charge >= 0.3 is 0 Å². The van der Waals surface area contributed by atoms with Crippen LogP contribution in [-0.2, 0) is 0 Å². The molecular weight excluding hydrogens is 210 g/mol. The number of phenols is 1. The normalized spacial score (nSPS) is 10.5. The molecule has 0 spiro atoms. The van der Waals surface area contributed by atoms with Crippen LogP contribution >= 0.6 is 0 Å². The summed E-state index contributed by atoms with van der Waals surface area (Å²) in [6.45, 7) is 4.20. The Labute approximate surface area is 102 Å². The molecule has 0 fully saturated rings. The van der Waals surface area contributed by atoms with Crippen LogP contribution in [0.1, 0.15) is 13.8 Å². The summed E-state index contributed by atoms with van der Waals surface area (Å²) in [4.78, 5) is 0. The molecule has 17 heavy (non-hydrogen) atoms. The van der Waals surface area contributed by atoms with Crippen molar-refractivity contribution in [1.82, 2.24) is 0 Å². The Morgan fingerprint density at radius 3 is 2.12 bits per heavy atom. The van der Waals surface area contributed by atoms with E-state index in [0.29, 0.717) is 11.8 Å². The van der Waals surface area contributed by atoms with E-state index in [-0.39, 0.29) is 0 Å². The first-order valence-electron chi connectivity index (χ1n) is 5.82. The molecule has 0 radical (unpaired) electrons. The Bertz CT molecular complexity index is 506. The predicted molar refractivity (Wildman–Crippen MR) is 72.3 cm³/mol. The molecule has 2 nitrogen and oxygen atoms in total. The van der Waals surface area contributed by atoms with Crippen LogP contribution in [0.2, 0.25) is 0 Å². The lowest BCUT2D eigenvalue weighted by Gasteiger charge is -2.15. The highest BCUT2D eigenvalue weighted by molar-refractivity contribution is 5.81. The molecule has 0 saturated heterocycles. The molecular formula is C15H17NO. The maximum absolute atomic E-state index is 9.89. The maximum Gasteiger partial charge on any atom is 0.123 e. The molecule has 0 aliphatic carbocycles. The number of hydrogen-bond donors (Lipinski definition) is 2. The van der Waals surface area contributed by atoms with Crippen molar-refractivity contribution in [3.05, 3.63) is 48.5 Å². The zero-order valence-corrected chi connectivity index (χ0v) is 10.1. The lowest BCUT2D eigenvalue weighted by Crippen LogP contribution is -2.10. The van der Waals surface area contributed by atoms with E-state index in [9.17, 15) is 5.11 Å². The Morgan fingerprint density at radius 2 is 1.47 bits per heavy atom. The lowest BCUT2D eigenvalue weighted by atomic mass is 10.0. The number of rotatable bonds is 3. The van der Waals surface area contributed by atoms with E-state index < -0.39 is 0 Å². The number of nitrogens with one attached hydrogen (secondary N) is 1. The molecule has 2 aromatic carbocycles. The predicted octanol–water partition coefficient (Wildman–Crippen LogP) is 3.88. The summed E-state index contributed by atoms with van der Waals surface area (Å²) >= 11 is 0. The second kappa shape index (κ2) is 4.91. The average Bonchev–Trinajstić information content (AvgIpc) is 2.30. The van der Waals surface area contributed by atoms with Crippen LogP contribution < -0.4 is 5.32 Å². The van der Waals surface area contributed by atoms with Gasteiger partial charge in [-0.3, -0.25) is 0 Å². The van der Waals surface area contributed by atoms with Gasteiger partial charge < -0.3 is 10.4 Å². The highest BCUT2D eigenvalue weighted by Crippen LogP contribution is 2.34. The topological polar surface area (TPSA) is 32.3 Å². The molecule has 0 aromatic heterocycles. The summed E-state index contributed by atoms with van der Waals surface area (Å²) in [5.41, 5.74) is 2.93. The third-order valence-electron chi connectivity index (χ3n) is 2.57. The molecule has 0 atom stereocenters. The van der Waals surface area contributed by atoms with E-state index in [1.165, 1.54) is 0 Å². The van der Waals surface area contributed by atoms with Crippen LogP contribution in [0.15, 0.2) is 48.5 Å². The maximum atomic E-state index is 9.89. The number of benzene rings is 2. The largest absolute Gasteiger partial charge is 0.507 e. The first kappa shape index (κ1) is 11.5. The fourth-order valence-electron chi connectivity index (χ4n) is 1.86. The van der Waals surface area contributed by atoms with Gasteiger partial charge in [0.25, 0.3) is 0 Å². The molecule has 0 unspecified atom stereocenters. The SMILES string of the molecule is CC(C)Nc1ccccc1-c1ccccc1O. The zero-order valence-electron chi connectivity index (χ0n) is 10.1. The summed E-state index contributed by atoms with van der Waals surface area (Å²) < 4.78 is 0. The van der Waals surface area contributed by atoms with Gasteiger partial charge in [0.15, 0.2) is 0 Å². The standard InChI is InChI=1S/C15H17NO/c1-11(2)16-14-9-5-3-7-12(14)13-8-4-6-10-15(13)17/h3-11,16-17H,1-2H3. The Balaban J connectivity index is 2.48. The number of anilines is 1. The van der Waals surface area contributed by atoms with Crippen LogP contribution in [0, 0.1) is 0 Å². The lowest BCUT2D eigenvalue weighted by molar-refractivity contribution is 0.477. The van der Waals surface area contributed by atoms with Crippen LogP contribution in [0.3, 0.4) is 0 Å². The molecule has 0 aliphatic rings. The van der Waals surface area contributed by atoms with Crippen molar-refractivity contribution in [2.24, 2.45) is 0 Å². The van der Waals surface area contributed by atoms with Crippen molar-refractivity contribution >= 4 is 5.69 Å². The minimum atomic E-state index is 0.311. The molecule has 2 rings (SSSR count). The van der Waals surface area contributed by atoms with Crippen LogP contribution in [0.25, 0.3) is 11.1 Å². The number of para-hydroxylation sites is 2. The molecule has 2 heteroatoms. The monoisotopic (exact) mass is 227 g/mol. The molecule has 88 valence electrons. The minimum absolute atomic E-state index is 0.311.